The molecule has 0 atom stereocenters. The molecule has 0 bridgehead atoms. The number of rotatable bonds is 2. The molecule has 38 valence electrons. The lowest BCUT2D eigenvalue weighted by atomic mass is 10.9. The third-order valence-corrected chi connectivity index (χ3v) is 0.704. The Hall–Kier alpha value is -0.0900. The van der Waals surface area contributed by atoms with Gasteiger partial charge in [0.25, 0.3) is 11.0 Å². The van der Waals surface area contributed by atoms with Crippen molar-refractivity contribution in [3.05, 3.63) is 0 Å². The maximum absolute atomic E-state index is 9.41. The molecule has 0 unspecified atom stereocenters. The highest BCUT2D eigenvalue weighted by Crippen LogP contribution is 1.65. The van der Waals surface area contributed by atoms with Gasteiger partial charge in [-0.2, -0.15) is 0 Å². The summed E-state index contributed by atoms with van der Waals surface area (Å²) < 4.78 is 22.8. The Balaban J connectivity index is 3.07. The first-order valence-corrected chi connectivity index (χ1v) is 2.64. The van der Waals surface area contributed by atoms with Crippen molar-refractivity contribution in [1.82, 2.24) is 0 Å². The van der Waals surface area contributed by atoms with Crippen molar-refractivity contribution < 1.29 is 12.6 Å². The summed E-state index contributed by atoms with van der Waals surface area (Å²) in [6, 6.07) is 0. The Labute approximate surface area is 38.1 Å². The summed E-state index contributed by atoms with van der Waals surface area (Å²) in [6.45, 7) is 1.85. The van der Waals surface area contributed by atoms with Crippen LogP contribution in [0.1, 0.15) is 6.92 Å². The molecule has 0 amide bonds. The highest BCUT2D eigenvalue weighted by atomic mass is 32.2. The van der Waals surface area contributed by atoms with Crippen LogP contribution in [-0.4, -0.2) is 15.0 Å². The van der Waals surface area contributed by atoms with Gasteiger partial charge in [-0.3, -0.25) is 4.18 Å². The van der Waals surface area contributed by atoms with Crippen LogP contribution in [0.3, 0.4) is 0 Å². The predicted octanol–water partition coefficient (Wildman–Crippen LogP) is -0.451. The molecule has 0 aliphatic rings. The standard InChI is InChI=1S/C2H6O3S/c1-2-5-6(3)4/h6H,2H2,1H3. The van der Waals surface area contributed by atoms with Crippen molar-refractivity contribution in [1.29, 1.82) is 0 Å². The SMILES string of the molecule is CCO[SH](=O)=O. The molecule has 0 heterocycles. The van der Waals surface area contributed by atoms with Crippen molar-refractivity contribution in [3.8, 4) is 0 Å². The van der Waals surface area contributed by atoms with Crippen LogP contribution in [0.2, 0.25) is 0 Å². The fraction of sp³-hybridized carbons (Fsp3) is 1.00. The fourth-order valence-electron chi connectivity index (χ4n) is 0.105. The topological polar surface area (TPSA) is 43.4 Å². The van der Waals surface area contributed by atoms with E-state index >= 15 is 0 Å². The normalized spacial score (nSPS) is 9.67. The van der Waals surface area contributed by atoms with Crippen molar-refractivity contribution in [3.63, 3.8) is 0 Å². The Morgan fingerprint density at radius 2 is 2.17 bits per heavy atom. The second kappa shape index (κ2) is 3.11. The van der Waals surface area contributed by atoms with Crippen LogP contribution in [0, 0.1) is 0 Å². The molecular weight excluding hydrogens is 104 g/mol. The molecule has 4 heteroatoms. The van der Waals surface area contributed by atoms with Gasteiger partial charge in [-0.25, -0.2) is 8.42 Å². The van der Waals surface area contributed by atoms with Gasteiger partial charge in [0.05, 0.1) is 6.61 Å². The van der Waals surface area contributed by atoms with E-state index in [4.69, 9.17) is 0 Å². The summed E-state index contributed by atoms with van der Waals surface area (Å²) >= 11 is 0. The smallest absolute Gasteiger partial charge is 0.257 e. The average Bonchev–Trinajstić information content (AvgIpc) is 1.35. The molecule has 0 N–H and O–H groups in total. The molecular formula is C2H6O3S. The lowest BCUT2D eigenvalue weighted by molar-refractivity contribution is 0.354. The Bertz CT molecular complexity index is 76.8. The van der Waals surface area contributed by atoms with Crippen molar-refractivity contribution >= 4 is 11.0 Å². The second-order valence-electron chi connectivity index (χ2n) is 0.641. The van der Waals surface area contributed by atoms with Gasteiger partial charge in [-0.15, -0.1) is 0 Å². The van der Waals surface area contributed by atoms with Crippen molar-refractivity contribution in [2.75, 3.05) is 6.61 Å². The van der Waals surface area contributed by atoms with E-state index in [0.717, 1.165) is 0 Å². The summed E-state index contributed by atoms with van der Waals surface area (Å²) in [6.07, 6.45) is 0. The zero-order chi connectivity index (χ0) is 4.99. The first kappa shape index (κ1) is 5.91. The molecule has 6 heavy (non-hydrogen) atoms. The predicted molar refractivity (Wildman–Crippen MR) is 21.9 cm³/mol. The third-order valence-electron chi connectivity index (χ3n) is 0.235. The Morgan fingerprint density at radius 3 is 2.17 bits per heavy atom. The van der Waals surface area contributed by atoms with Crippen LogP contribution in [0.4, 0.5) is 0 Å². The van der Waals surface area contributed by atoms with Gasteiger partial charge in [0.15, 0.2) is 0 Å². The first-order valence-electron chi connectivity index (χ1n) is 1.54. The summed E-state index contributed by atoms with van der Waals surface area (Å²) in [5.74, 6) is 0. The monoisotopic (exact) mass is 110 g/mol. The lowest BCUT2D eigenvalue weighted by Gasteiger charge is -1.78. The molecule has 0 radical (unpaired) electrons. The minimum absolute atomic E-state index is 0.235. The van der Waals surface area contributed by atoms with Gasteiger partial charge in [0.1, 0.15) is 0 Å². The van der Waals surface area contributed by atoms with E-state index in [1.54, 1.807) is 6.92 Å². The van der Waals surface area contributed by atoms with Crippen molar-refractivity contribution in [2.24, 2.45) is 0 Å². The molecule has 0 saturated carbocycles. The summed E-state index contributed by atoms with van der Waals surface area (Å²) in [5, 5.41) is 0. The van der Waals surface area contributed by atoms with Gasteiger partial charge in [0, 0.05) is 0 Å². The molecule has 0 aromatic heterocycles. The van der Waals surface area contributed by atoms with E-state index < -0.39 is 11.0 Å². The summed E-state index contributed by atoms with van der Waals surface area (Å²) in [5.41, 5.74) is 0. The van der Waals surface area contributed by atoms with E-state index in [1.807, 2.05) is 0 Å². The largest absolute Gasteiger partial charge is 0.272 e. The average molecular weight is 110 g/mol. The van der Waals surface area contributed by atoms with E-state index in [1.165, 1.54) is 0 Å². The number of thiol groups is 1. The van der Waals surface area contributed by atoms with Gasteiger partial charge in [0.2, 0.25) is 0 Å². The Kier molecular flexibility index (Phi) is 3.07. The molecule has 0 aromatic carbocycles. The van der Waals surface area contributed by atoms with Gasteiger partial charge >= 0.3 is 0 Å². The van der Waals surface area contributed by atoms with E-state index in [0.29, 0.717) is 0 Å². The molecule has 0 aliphatic heterocycles. The molecule has 0 aliphatic carbocycles. The molecule has 0 saturated heterocycles. The van der Waals surface area contributed by atoms with Crippen LogP contribution < -0.4 is 0 Å². The molecule has 0 spiro atoms. The first-order chi connectivity index (χ1) is 2.77. The quantitative estimate of drug-likeness (QED) is 0.489. The highest BCUT2D eigenvalue weighted by molar-refractivity contribution is 7.67. The van der Waals surface area contributed by atoms with Gasteiger partial charge < -0.3 is 0 Å². The zero-order valence-corrected chi connectivity index (χ0v) is 4.27. The molecule has 0 rings (SSSR count). The minimum Gasteiger partial charge on any atom is -0.272 e. The second-order valence-corrected chi connectivity index (χ2v) is 1.35. The van der Waals surface area contributed by atoms with Gasteiger partial charge in [-0.1, -0.05) is 0 Å². The number of hydrogen-bond acceptors (Lipinski definition) is 3. The van der Waals surface area contributed by atoms with E-state index in [-0.39, 0.29) is 6.61 Å². The summed E-state index contributed by atoms with van der Waals surface area (Å²) in [7, 11) is -2.60. The van der Waals surface area contributed by atoms with Crippen LogP contribution in [0.5, 0.6) is 0 Å². The highest BCUT2D eigenvalue weighted by Gasteiger charge is 1.72. The fourth-order valence-corrected chi connectivity index (χ4v) is 0.316. The lowest BCUT2D eigenvalue weighted by Crippen LogP contribution is -1.83. The Morgan fingerprint density at radius 1 is 1.67 bits per heavy atom. The van der Waals surface area contributed by atoms with Crippen LogP contribution in [0.25, 0.3) is 0 Å². The zero-order valence-electron chi connectivity index (χ0n) is 3.38. The summed E-state index contributed by atoms with van der Waals surface area (Å²) in [4.78, 5) is 0. The van der Waals surface area contributed by atoms with E-state index in [2.05, 4.69) is 4.18 Å². The molecule has 3 nitrogen and oxygen atoms in total. The number of hydrogen-bond donors (Lipinski definition) is 1. The van der Waals surface area contributed by atoms with E-state index in [9.17, 15) is 8.42 Å². The molecule has 0 fully saturated rings. The van der Waals surface area contributed by atoms with Crippen LogP contribution >= 0.6 is 0 Å². The minimum atomic E-state index is -2.60. The van der Waals surface area contributed by atoms with Crippen LogP contribution in [0.15, 0.2) is 0 Å². The molecule has 0 aromatic rings. The maximum atomic E-state index is 9.41. The van der Waals surface area contributed by atoms with Gasteiger partial charge in [-0.05, 0) is 6.92 Å². The maximum Gasteiger partial charge on any atom is 0.257 e. The van der Waals surface area contributed by atoms with Crippen molar-refractivity contribution in [2.45, 2.75) is 6.92 Å². The van der Waals surface area contributed by atoms with Crippen LogP contribution in [-0.2, 0) is 15.2 Å². The third kappa shape index (κ3) is 3.91.